The number of carbonyl (C=O) groups is 1. The van der Waals surface area contributed by atoms with Gasteiger partial charge in [-0.1, -0.05) is 0 Å². The summed E-state index contributed by atoms with van der Waals surface area (Å²) in [4.78, 5) is 28.0. The van der Waals surface area contributed by atoms with Crippen molar-refractivity contribution >= 4 is 28.5 Å². The van der Waals surface area contributed by atoms with Gasteiger partial charge in [0, 0.05) is 49.5 Å². The van der Waals surface area contributed by atoms with E-state index in [1.54, 1.807) is 16.8 Å². The first-order chi connectivity index (χ1) is 14.9. The standard InChI is InChI=1S/C22H21FN6O2/c1-13-10-29-11-15(8-18(23)21(29)25-13)19-4-3-14-7-17(9-24-20(14)26-19)27(2)16-5-6-28(12-16)22(30)31/h3-4,7-11,16H,5-6,12H2,1-2H3,(H,30,31). The van der Waals surface area contributed by atoms with Crippen molar-refractivity contribution in [2.45, 2.75) is 19.4 Å². The second-order valence-electron chi connectivity index (χ2n) is 7.91. The molecule has 1 fully saturated rings. The lowest BCUT2D eigenvalue weighted by molar-refractivity contribution is 0.155. The summed E-state index contributed by atoms with van der Waals surface area (Å²) in [5.74, 6) is -0.399. The molecule has 0 saturated carbocycles. The van der Waals surface area contributed by atoms with Crippen molar-refractivity contribution in [2.75, 3.05) is 25.0 Å². The number of carboxylic acid groups (broad SMARTS) is 1. The molecule has 1 aliphatic rings. The van der Waals surface area contributed by atoms with Gasteiger partial charge in [-0.3, -0.25) is 0 Å². The Morgan fingerprint density at radius 3 is 2.87 bits per heavy atom. The fraction of sp³-hybridized carbons (Fsp3) is 0.273. The summed E-state index contributed by atoms with van der Waals surface area (Å²) in [5.41, 5.74) is 3.78. The first-order valence-corrected chi connectivity index (χ1v) is 10.0. The summed E-state index contributed by atoms with van der Waals surface area (Å²) < 4.78 is 16.1. The van der Waals surface area contributed by atoms with Gasteiger partial charge in [0.1, 0.15) is 0 Å². The third-order valence-electron chi connectivity index (χ3n) is 5.84. The van der Waals surface area contributed by atoms with Crippen LogP contribution in [0, 0.1) is 12.7 Å². The maximum absolute atomic E-state index is 14.5. The highest BCUT2D eigenvalue weighted by molar-refractivity contribution is 5.81. The van der Waals surface area contributed by atoms with Crippen LogP contribution in [-0.2, 0) is 0 Å². The van der Waals surface area contributed by atoms with Gasteiger partial charge in [-0.05, 0) is 37.6 Å². The summed E-state index contributed by atoms with van der Waals surface area (Å²) in [5, 5.41) is 10.0. The van der Waals surface area contributed by atoms with Crippen LogP contribution in [0.5, 0.6) is 0 Å². The second kappa shape index (κ2) is 7.19. The average molecular weight is 420 g/mol. The number of pyridine rings is 3. The van der Waals surface area contributed by atoms with E-state index in [-0.39, 0.29) is 6.04 Å². The zero-order valence-corrected chi connectivity index (χ0v) is 17.2. The molecule has 5 heterocycles. The van der Waals surface area contributed by atoms with Crippen LogP contribution in [-0.4, -0.2) is 61.6 Å². The van der Waals surface area contributed by atoms with Gasteiger partial charge in [-0.25, -0.2) is 24.1 Å². The van der Waals surface area contributed by atoms with E-state index in [4.69, 9.17) is 0 Å². The summed E-state index contributed by atoms with van der Waals surface area (Å²) in [6, 6.07) is 7.30. The molecule has 9 heteroatoms. The number of likely N-dealkylation sites (N-methyl/N-ethyl adjacent to an activating group) is 1. The van der Waals surface area contributed by atoms with Crippen molar-refractivity contribution in [2.24, 2.45) is 0 Å². The van der Waals surface area contributed by atoms with Crippen molar-refractivity contribution < 1.29 is 14.3 Å². The Hall–Kier alpha value is -3.75. The van der Waals surface area contributed by atoms with Gasteiger partial charge >= 0.3 is 6.09 Å². The molecule has 0 spiro atoms. The molecule has 1 unspecified atom stereocenters. The van der Waals surface area contributed by atoms with E-state index in [0.717, 1.165) is 23.2 Å². The quantitative estimate of drug-likeness (QED) is 0.545. The Morgan fingerprint density at radius 2 is 2.10 bits per heavy atom. The number of likely N-dealkylation sites (tertiary alicyclic amines) is 1. The van der Waals surface area contributed by atoms with Crippen LogP contribution in [0.25, 0.3) is 27.9 Å². The van der Waals surface area contributed by atoms with Gasteiger partial charge in [0.25, 0.3) is 0 Å². The van der Waals surface area contributed by atoms with Crippen molar-refractivity contribution in [1.29, 1.82) is 0 Å². The third-order valence-corrected chi connectivity index (χ3v) is 5.84. The minimum absolute atomic E-state index is 0.107. The molecule has 8 nitrogen and oxygen atoms in total. The zero-order valence-electron chi connectivity index (χ0n) is 17.2. The van der Waals surface area contributed by atoms with Gasteiger partial charge < -0.3 is 19.3 Å². The molecule has 1 atom stereocenters. The van der Waals surface area contributed by atoms with Crippen LogP contribution in [0.15, 0.2) is 42.9 Å². The highest BCUT2D eigenvalue weighted by Crippen LogP contribution is 2.27. The van der Waals surface area contributed by atoms with Crippen molar-refractivity contribution in [3.05, 3.63) is 54.4 Å². The van der Waals surface area contributed by atoms with Crippen LogP contribution >= 0.6 is 0 Å². The molecule has 1 N–H and O–H groups in total. The van der Waals surface area contributed by atoms with Crippen molar-refractivity contribution in [1.82, 2.24) is 24.3 Å². The first-order valence-electron chi connectivity index (χ1n) is 10.0. The summed E-state index contributed by atoms with van der Waals surface area (Å²) >= 11 is 0. The molecule has 4 aromatic heterocycles. The number of aromatic nitrogens is 4. The highest BCUT2D eigenvalue weighted by Gasteiger charge is 2.29. The number of fused-ring (bicyclic) bond motifs is 2. The Kier molecular flexibility index (Phi) is 4.46. The van der Waals surface area contributed by atoms with E-state index < -0.39 is 11.9 Å². The summed E-state index contributed by atoms with van der Waals surface area (Å²) in [7, 11) is 1.95. The third kappa shape index (κ3) is 3.41. The highest BCUT2D eigenvalue weighted by atomic mass is 19.1. The summed E-state index contributed by atoms with van der Waals surface area (Å²) in [6.45, 7) is 2.83. The number of nitrogens with zero attached hydrogens (tertiary/aromatic N) is 6. The predicted octanol–water partition coefficient (Wildman–Crippen LogP) is 3.58. The van der Waals surface area contributed by atoms with Gasteiger partial charge in [-0.2, -0.15) is 0 Å². The van der Waals surface area contributed by atoms with Crippen LogP contribution in [0.2, 0.25) is 0 Å². The Balaban J connectivity index is 1.45. The van der Waals surface area contributed by atoms with E-state index in [9.17, 15) is 14.3 Å². The van der Waals surface area contributed by atoms with Gasteiger partial charge in [0.05, 0.1) is 23.3 Å². The maximum atomic E-state index is 14.5. The topological polar surface area (TPSA) is 86.9 Å². The van der Waals surface area contributed by atoms with Gasteiger partial charge in [0.2, 0.25) is 0 Å². The smallest absolute Gasteiger partial charge is 0.407 e. The molecule has 0 aliphatic carbocycles. The number of amides is 1. The second-order valence-corrected chi connectivity index (χ2v) is 7.91. The largest absolute Gasteiger partial charge is 0.465 e. The number of hydrogen-bond acceptors (Lipinski definition) is 5. The predicted molar refractivity (Wildman–Crippen MR) is 115 cm³/mol. The normalized spacial score (nSPS) is 16.4. The van der Waals surface area contributed by atoms with Crippen LogP contribution in [0.4, 0.5) is 14.9 Å². The molecule has 4 aromatic rings. The lowest BCUT2D eigenvalue weighted by atomic mass is 10.1. The first kappa shape index (κ1) is 19.2. The number of anilines is 1. The minimum Gasteiger partial charge on any atom is -0.465 e. The molecule has 0 bridgehead atoms. The Bertz CT molecular complexity index is 1320. The monoisotopic (exact) mass is 420 g/mol. The molecule has 1 saturated heterocycles. The van der Waals surface area contributed by atoms with Gasteiger partial charge in [0.15, 0.2) is 17.1 Å². The number of rotatable bonds is 3. The fourth-order valence-electron chi connectivity index (χ4n) is 4.11. The van der Waals surface area contributed by atoms with Crippen LogP contribution in [0.3, 0.4) is 0 Å². The van der Waals surface area contributed by atoms with Gasteiger partial charge in [-0.15, -0.1) is 0 Å². The summed E-state index contributed by atoms with van der Waals surface area (Å²) in [6.07, 6.45) is 5.22. The van der Waals surface area contributed by atoms with Crippen LogP contribution in [0.1, 0.15) is 12.1 Å². The molecule has 0 radical (unpaired) electrons. The molecule has 5 rings (SSSR count). The molecular formula is C22H21FN6O2. The lowest BCUT2D eigenvalue weighted by Gasteiger charge is -2.26. The SMILES string of the molecule is Cc1cn2cc(-c3ccc4cc(N(C)C5CCN(C(=O)O)C5)cnc4n3)cc(F)c2n1. The number of aryl methyl sites for hydroxylation is 1. The zero-order chi connectivity index (χ0) is 21.7. The Morgan fingerprint density at radius 1 is 1.26 bits per heavy atom. The van der Waals surface area contributed by atoms with Crippen molar-refractivity contribution in [3.63, 3.8) is 0 Å². The molecular weight excluding hydrogens is 399 g/mol. The van der Waals surface area contributed by atoms with Crippen LogP contribution < -0.4 is 4.90 Å². The molecule has 0 aromatic carbocycles. The Labute approximate surface area is 177 Å². The number of halogens is 1. The van der Waals surface area contributed by atoms with E-state index in [2.05, 4.69) is 19.9 Å². The van der Waals surface area contributed by atoms with E-state index >= 15 is 0 Å². The fourth-order valence-corrected chi connectivity index (χ4v) is 4.11. The molecule has 158 valence electrons. The average Bonchev–Trinajstić information content (AvgIpc) is 3.39. The van der Waals surface area contributed by atoms with E-state index in [1.165, 1.54) is 11.0 Å². The molecule has 31 heavy (non-hydrogen) atoms. The number of imidazole rings is 1. The number of hydrogen-bond donors (Lipinski definition) is 1. The van der Waals surface area contributed by atoms with E-state index in [0.29, 0.717) is 35.6 Å². The van der Waals surface area contributed by atoms with Crippen molar-refractivity contribution in [3.8, 4) is 11.3 Å². The molecule has 1 amide bonds. The lowest BCUT2D eigenvalue weighted by Crippen LogP contribution is -2.36. The molecule has 1 aliphatic heterocycles. The minimum atomic E-state index is -0.884. The van der Waals surface area contributed by atoms with E-state index in [1.807, 2.05) is 38.4 Å². The maximum Gasteiger partial charge on any atom is 0.407 e.